The van der Waals surface area contributed by atoms with Crippen LogP contribution in [0.1, 0.15) is 12.8 Å². The van der Waals surface area contributed by atoms with Gasteiger partial charge in [-0.25, -0.2) is 0 Å². The number of rotatable bonds is 0. The molecule has 0 saturated carbocycles. The summed E-state index contributed by atoms with van der Waals surface area (Å²) in [6, 6.07) is 2.31. The van der Waals surface area contributed by atoms with Gasteiger partial charge in [0, 0.05) is 12.2 Å². The first-order valence-corrected chi connectivity index (χ1v) is 4.59. The van der Waals surface area contributed by atoms with Crippen molar-refractivity contribution in [3.05, 3.63) is 35.6 Å². The molecule has 1 heterocycles. The minimum Gasteiger partial charge on any atom is -0.384 e. The standard InChI is InChI=1S/C11H12N2/c12-7-9-6-10-4-2-1-3-5-11(10)13-8-9/h1-3,5,9,13H,4,6,8H2. The molecule has 2 aliphatic rings. The van der Waals surface area contributed by atoms with Gasteiger partial charge in [0.05, 0.1) is 12.0 Å². The lowest BCUT2D eigenvalue weighted by molar-refractivity contribution is 0.562. The Balaban J connectivity index is 2.22. The molecule has 1 aliphatic heterocycles. The van der Waals surface area contributed by atoms with E-state index in [0.29, 0.717) is 0 Å². The predicted octanol–water partition coefficient (Wildman–Crippen LogP) is 1.89. The fourth-order valence-electron chi connectivity index (χ4n) is 1.74. The summed E-state index contributed by atoms with van der Waals surface area (Å²) in [7, 11) is 0. The van der Waals surface area contributed by atoms with E-state index < -0.39 is 0 Å². The summed E-state index contributed by atoms with van der Waals surface area (Å²) < 4.78 is 0. The van der Waals surface area contributed by atoms with Crippen molar-refractivity contribution in [2.75, 3.05) is 6.54 Å². The molecule has 2 rings (SSSR count). The largest absolute Gasteiger partial charge is 0.384 e. The molecular weight excluding hydrogens is 160 g/mol. The molecule has 0 saturated heterocycles. The summed E-state index contributed by atoms with van der Waals surface area (Å²) in [6.07, 6.45) is 10.2. The second kappa shape index (κ2) is 3.49. The lowest BCUT2D eigenvalue weighted by atomic mass is 9.93. The molecule has 2 nitrogen and oxygen atoms in total. The van der Waals surface area contributed by atoms with Gasteiger partial charge >= 0.3 is 0 Å². The Morgan fingerprint density at radius 1 is 1.46 bits per heavy atom. The molecule has 0 aromatic rings. The first-order valence-electron chi connectivity index (χ1n) is 4.59. The quantitative estimate of drug-likeness (QED) is 0.605. The van der Waals surface area contributed by atoms with Crippen molar-refractivity contribution in [1.82, 2.24) is 5.32 Å². The van der Waals surface area contributed by atoms with E-state index in [0.717, 1.165) is 19.4 Å². The molecule has 0 aromatic heterocycles. The number of hydrogen-bond acceptors (Lipinski definition) is 2. The van der Waals surface area contributed by atoms with Gasteiger partial charge in [0.25, 0.3) is 0 Å². The van der Waals surface area contributed by atoms with Crippen LogP contribution in [-0.4, -0.2) is 6.54 Å². The maximum absolute atomic E-state index is 8.80. The first-order chi connectivity index (χ1) is 6.40. The van der Waals surface area contributed by atoms with Crippen molar-refractivity contribution in [3.8, 4) is 6.07 Å². The number of hydrogen-bond donors (Lipinski definition) is 1. The fourth-order valence-corrected chi connectivity index (χ4v) is 1.74. The van der Waals surface area contributed by atoms with E-state index in [9.17, 15) is 0 Å². The van der Waals surface area contributed by atoms with Gasteiger partial charge in [0.2, 0.25) is 0 Å². The molecule has 0 aromatic carbocycles. The van der Waals surface area contributed by atoms with Crippen LogP contribution in [-0.2, 0) is 0 Å². The van der Waals surface area contributed by atoms with E-state index in [1.54, 1.807) is 0 Å². The molecule has 13 heavy (non-hydrogen) atoms. The van der Waals surface area contributed by atoms with Crippen LogP contribution >= 0.6 is 0 Å². The van der Waals surface area contributed by atoms with Gasteiger partial charge in [-0.05, 0) is 24.5 Å². The third-order valence-electron chi connectivity index (χ3n) is 2.47. The summed E-state index contributed by atoms with van der Waals surface area (Å²) in [6.45, 7) is 0.791. The highest BCUT2D eigenvalue weighted by Gasteiger charge is 2.18. The number of allylic oxidation sites excluding steroid dienone is 5. The third kappa shape index (κ3) is 1.65. The topological polar surface area (TPSA) is 35.8 Å². The molecule has 0 fully saturated rings. The summed E-state index contributed by atoms with van der Waals surface area (Å²) in [5, 5.41) is 12.1. The van der Waals surface area contributed by atoms with E-state index >= 15 is 0 Å². The SMILES string of the molecule is N#CC1CNC2=C(CC=CC=C2)C1. The van der Waals surface area contributed by atoms with E-state index in [2.05, 4.69) is 29.6 Å². The first kappa shape index (κ1) is 8.12. The average molecular weight is 172 g/mol. The minimum atomic E-state index is 0.152. The van der Waals surface area contributed by atoms with E-state index in [-0.39, 0.29) is 5.92 Å². The van der Waals surface area contributed by atoms with Gasteiger partial charge in [-0.1, -0.05) is 18.2 Å². The van der Waals surface area contributed by atoms with Crippen molar-refractivity contribution in [2.45, 2.75) is 12.8 Å². The smallest absolute Gasteiger partial charge is 0.0677 e. The van der Waals surface area contributed by atoms with Gasteiger partial charge in [-0.15, -0.1) is 0 Å². The summed E-state index contributed by atoms with van der Waals surface area (Å²) in [4.78, 5) is 0. The Kier molecular flexibility index (Phi) is 2.18. The highest BCUT2D eigenvalue weighted by molar-refractivity contribution is 5.33. The third-order valence-corrected chi connectivity index (χ3v) is 2.47. The van der Waals surface area contributed by atoms with Crippen LogP contribution in [0.4, 0.5) is 0 Å². The Morgan fingerprint density at radius 3 is 3.23 bits per heavy atom. The van der Waals surface area contributed by atoms with Gasteiger partial charge in [0.15, 0.2) is 0 Å². The van der Waals surface area contributed by atoms with Crippen molar-refractivity contribution in [3.63, 3.8) is 0 Å². The molecule has 0 bridgehead atoms. The molecule has 1 unspecified atom stereocenters. The van der Waals surface area contributed by atoms with Crippen LogP contribution in [0, 0.1) is 17.2 Å². The zero-order valence-electron chi connectivity index (χ0n) is 7.46. The Bertz CT molecular complexity index is 328. The highest BCUT2D eigenvalue weighted by atomic mass is 14.9. The maximum Gasteiger partial charge on any atom is 0.0677 e. The van der Waals surface area contributed by atoms with Crippen LogP contribution in [0.15, 0.2) is 35.6 Å². The summed E-state index contributed by atoms with van der Waals surface area (Å²) in [5.41, 5.74) is 2.58. The summed E-state index contributed by atoms with van der Waals surface area (Å²) in [5.74, 6) is 0.152. The zero-order valence-corrected chi connectivity index (χ0v) is 7.46. The molecule has 0 amide bonds. The maximum atomic E-state index is 8.80. The Morgan fingerprint density at radius 2 is 2.38 bits per heavy atom. The van der Waals surface area contributed by atoms with Crippen LogP contribution in [0.2, 0.25) is 0 Å². The normalized spacial score (nSPS) is 25.9. The molecule has 2 heteroatoms. The van der Waals surface area contributed by atoms with E-state index in [1.165, 1.54) is 11.3 Å². The van der Waals surface area contributed by atoms with Crippen molar-refractivity contribution < 1.29 is 0 Å². The zero-order chi connectivity index (χ0) is 9.10. The molecular formula is C11H12N2. The Hall–Kier alpha value is -1.49. The van der Waals surface area contributed by atoms with Gasteiger partial charge in [0.1, 0.15) is 0 Å². The van der Waals surface area contributed by atoms with Crippen molar-refractivity contribution in [1.29, 1.82) is 5.26 Å². The summed E-state index contributed by atoms with van der Waals surface area (Å²) >= 11 is 0. The second-order valence-corrected chi connectivity index (χ2v) is 3.42. The fraction of sp³-hybridized carbons (Fsp3) is 0.364. The Labute approximate surface area is 78.3 Å². The van der Waals surface area contributed by atoms with Crippen LogP contribution in [0.25, 0.3) is 0 Å². The number of nitrogens with one attached hydrogen (secondary N) is 1. The predicted molar refractivity (Wildman–Crippen MR) is 51.6 cm³/mol. The van der Waals surface area contributed by atoms with Gasteiger partial charge in [-0.2, -0.15) is 5.26 Å². The molecule has 0 radical (unpaired) electrons. The number of nitriles is 1. The van der Waals surface area contributed by atoms with Gasteiger partial charge in [-0.3, -0.25) is 0 Å². The highest BCUT2D eigenvalue weighted by Crippen LogP contribution is 2.24. The molecule has 1 atom stereocenters. The number of nitrogens with zero attached hydrogens (tertiary/aromatic N) is 1. The van der Waals surface area contributed by atoms with Crippen LogP contribution in [0.3, 0.4) is 0 Å². The molecule has 0 spiro atoms. The van der Waals surface area contributed by atoms with Crippen LogP contribution in [0.5, 0.6) is 0 Å². The minimum absolute atomic E-state index is 0.152. The molecule has 66 valence electrons. The van der Waals surface area contributed by atoms with Crippen molar-refractivity contribution >= 4 is 0 Å². The average Bonchev–Trinajstić information content (AvgIpc) is 2.41. The monoisotopic (exact) mass is 172 g/mol. The van der Waals surface area contributed by atoms with Crippen molar-refractivity contribution in [2.24, 2.45) is 5.92 Å². The van der Waals surface area contributed by atoms with Crippen LogP contribution < -0.4 is 5.32 Å². The lowest BCUT2D eigenvalue weighted by Crippen LogP contribution is -2.27. The van der Waals surface area contributed by atoms with Gasteiger partial charge < -0.3 is 5.32 Å². The molecule has 1 N–H and O–H groups in total. The van der Waals surface area contributed by atoms with E-state index in [1.807, 2.05) is 6.08 Å². The second-order valence-electron chi connectivity index (χ2n) is 3.42. The van der Waals surface area contributed by atoms with E-state index in [4.69, 9.17) is 5.26 Å². The molecule has 1 aliphatic carbocycles. The lowest BCUT2D eigenvalue weighted by Gasteiger charge is -2.22.